The molecule has 14 heteroatoms. The summed E-state index contributed by atoms with van der Waals surface area (Å²) in [5.41, 5.74) is 10.8. The molecule has 262 valence electrons. The summed E-state index contributed by atoms with van der Waals surface area (Å²) in [5, 5.41) is 13.8. The second-order valence-corrected chi connectivity index (χ2v) is 14.0. The number of carbonyl (C=O) groups is 3. The van der Waals surface area contributed by atoms with Crippen LogP contribution in [-0.4, -0.2) is 98.5 Å². The molecule has 0 spiro atoms. The van der Waals surface area contributed by atoms with Crippen LogP contribution < -0.4 is 16.6 Å². The largest absolute Gasteiger partial charge is 0.391 e. The van der Waals surface area contributed by atoms with Gasteiger partial charge in [0.15, 0.2) is 0 Å². The van der Waals surface area contributed by atoms with Crippen molar-refractivity contribution in [3.8, 4) is 11.1 Å². The molecule has 0 aliphatic carbocycles. The minimum absolute atomic E-state index is 0.0684. The number of aliphatic hydroxyl groups excluding tert-OH is 1. The average Bonchev–Trinajstić information content (AvgIpc) is 3.49. The van der Waals surface area contributed by atoms with Crippen molar-refractivity contribution in [1.29, 1.82) is 0 Å². The van der Waals surface area contributed by atoms with E-state index in [1.165, 1.54) is 11.8 Å². The highest BCUT2D eigenvalue weighted by molar-refractivity contribution is 9.10. The second kappa shape index (κ2) is 15.4. The maximum Gasteiger partial charge on any atom is 0.261 e. The van der Waals surface area contributed by atoms with Gasteiger partial charge in [0, 0.05) is 75.4 Å². The number of carbonyl (C=O) groups excluding carboxylic acids is 3. The molecule has 1 saturated heterocycles. The summed E-state index contributed by atoms with van der Waals surface area (Å²) >= 11 is 9.57. The molecule has 2 atom stereocenters. The van der Waals surface area contributed by atoms with Crippen molar-refractivity contribution in [3.05, 3.63) is 97.5 Å². The van der Waals surface area contributed by atoms with Gasteiger partial charge in [0.1, 0.15) is 6.04 Å². The maximum absolute atomic E-state index is 13.4. The van der Waals surface area contributed by atoms with Crippen molar-refractivity contribution in [2.45, 2.75) is 45.1 Å². The number of benzene rings is 3. The molecule has 0 radical (unpaired) electrons. The molecule has 1 fully saturated rings. The van der Waals surface area contributed by atoms with E-state index in [4.69, 9.17) is 17.3 Å². The van der Waals surface area contributed by atoms with Gasteiger partial charge in [0.2, 0.25) is 11.8 Å². The molecule has 50 heavy (non-hydrogen) atoms. The molecule has 0 saturated carbocycles. The Labute approximate surface area is 302 Å². The van der Waals surface area contributed by atoms with Crippen molar-refractivity contribution in [2.75, 3.05) is 39.3 Å². The van der Waals surface area contributed by atoms with Crippen LogP contribution in [0.5, 0.6) is 0 Å². The minimum Gasteiger partial charge on any atom is -0.391 e. The number of aliphatic hydroxyl groups is 1. The van der Waals surface area contributed by atoms with Crippen LogP contribution in [0.4, 0.5) is 0 Å². The molecule has 4 aromatic rings. The van der Waals surface area contributed by atoms with Crippen LogP contribution in [0.2, 0.25) is 5.02 Å². The Hall–Kier alpha value is -4.14. The third-order valence-corrected chi connectivity index (χ3v) is 10.6. The van der Waals surface area contributed by atoms with Gasteiger partial charge in [-0.15, -0.1) is 0 Å². The Morgan fingerprint density at radius 2 is 1.82 bits per heavy atom. The first-order valence-electron chi connectivity index (χ1n) is 16.6. The van der Waals surface area contributed by atoms with Gasteiger partial charge in [0.25, 0.3) is 11.5 Å². The Morgan fingerprint density at radius 1 is 1.06 bits per heavy atom. The van der Waals surface area contributed by atoms with Gasteiger partial charge in [-0.2, -0.15) is 0 Å². The highest BCUT2D eigenvalue weighted by atomic mass is 79.9. The first-order valence-corrected chi connectivity index (χ1v) is 17.7. The number of amides is 3. The van der Waals surface area contributed by atoms with E-state index in [1.807, 2.05) is 42.5 Å². The topological polar surface area (TPSA) is 154 Å². The number of fused-ring (bicyclic) bond motifs is 2. The van der Waals surface area contributed by atoms with Crippen molar-refractivity contribution < 1.29 is 19.5 Å². The SMILES string of the molecule is C[C@@H](O)[C@H](N)C(=O)N(CCC(=O)N1CCN(CCn2cnc3cc(Br)c(Cl)cc3c2=O)CC1)Cc1cccc(-c2ccc3c(c2)CNC3=O)c1. The molecule has 1 aromatic heterocycles. The van der Waals surface area contributed by atoms with Crippen LogP contribution in [-0.2, 0) is 29.2 Å². The lowest BCUT2D eigenvalue weighted by Crippen LogP contribution is -2.51. The van der Waals surface area contributed by atoms with Gasteiger partial charge in [0.05, 0.1) is 28.4 Å². The molecule has 3 amide bonds. The van der Waals surface area contributed by atoms with Gasteiger partial charge < -0.3 is 26.0 Å². The molecule has 3 aromatic carbocycles. The number of nitrogens with zero attached hydrogens (tertiary/aromatic N) is 5. The molecule has 3 heterocycles. The second-order valence-electron chi connectivity index (χ2n) is 12.8. The van der Waals surface area contributed by atoms with Crippen LogP contribution in [0.15, 0.2) is 70.2 Å². The van der Waals surface area contributed by atoms with Crippen LogP contribution >= 0.6 is 27.5 Å². The number of aromatic nitrogens is 2. The summed E-state index contributed by atoms with van der Waals surface area (Å²) in [7, 11) is 0. The number of hydrogen-bond donors (Lipinski definition) is 3. The van der Waals surface area contributed by atoms with Crippen LogP contribution in [0.3, 0.4) is 0 Å². The summed E-state index contributed by atoms with van der Waals surface area (Å²) in [6.07, 6.45) is 0.607. The smallest absolute Gasteiger partial charge is 0.261 e. The lowest BCUT2D eigenvalue weighted by molar-refractivity contribution is -0.137. The molecule has 0 unspecified atom stereocenters. The summed E-state index contributed by atoms with van der Waals surface area (Å²) in [5.74, 6) is -0.576. The lowest BCUT2D eigenvalue weighted by atomic mass is 9.98. The van der Waals surface area contributed by atoms with E-state index < -0.39 is 18.1 Å². The molecule has 2 aliphatic heterocycles. The van der Waals surface area contributed by atoms with Gasteiger partial charge in [-0.25, -0.2) is 4.98 Å². The third kappa shape index (κ3) is 7.92. The average molecular weight is 765 g/mol. The fraction of sp³-hybridized carbons (Fsp3) is 0.361. The van der Waals surface area contributed by atoms with Gasteiger partial charge in [-0.05, 0) is 75.4 Å². The van der Waals surface area contributed by atoms with Gasteiger partial charge in [-0.3, -0.25) is 28.6 Å². The van der Waals surface area contributed by atoms with Crippen LogP contribution in [0, 0.1) is 0 Å². The highest BCUT2D eigenvalue weighted by Crippen LogP contribution is 2.27. The predicted octanol–water partition coefficient (Wildman–Crippen LogP) is 2.99. The molecule has 0 bridgehead atoms. The van der Waals surface area contributed by atoms with E-state index in [0.29, 0.717) is 71.8 Å². The molecular weight excluding hydrogens is 726 g/mol. The van der Waals surface area contributed by atoms with E-state index in [9.17, 15) is 24.3 Å². The Balaban J connectivity index is 1.05. The van der Waals surface area contributed by atoms with E-state index in [-0.39, 0.29) is 36.9 Å². The summed E-state index contributed by atoms with van der Waals surface area (Å²) in [6, 6.07) is 15.7. The van der Waals surface area contributed by atoms with Crippen LogP contribution in [0.25, 0.3) is 22.0 Å². The number of hydrogen-bond acceptors (Lipinski definition) is 8. The summed E-state index contributed by atoms with van der Waals surface area (Å²) in [6.45, 7) is 5.75. The van der Waals surface area contributed by atoms with E-state index in [1.54, 1.807) is 27.9 Å². The molecule has 2 aliphatic rings. The van der Waals surface area contributed by atoms with Crippen molar-refractivity contribution in [2.24, 2.45) is 5.73 Å². The fourth-order valence-corrected chi connectivity index (χ4v) is 6.83. The van der Waals surface area contributed by atoms with Crippen molar-refractivity contribution >= 4 is 56.2 Å². The number of halogens is 2. The van der Waals surface area contributed by atoms with E-state index >= 15 is 0 Å². The zero-order valence-electron chi connectivity index (χ0n) is 27.6. The molecular formula is C36H39BrClN7O5. The first-order chi connectivity index (χ1) is 24.0. The highest BCUT2D eigenvalue weighted by Gasteiger charge is 2.27. The predicted molar refractivity (Wildman–Crippen MR) is 194 cm³/mol. The molecule has 6 rings (SSSR count). The lowest BCUT2D eigenvalue weighted by Gasteiger charge is -2.35. The Morgan fingerprint density at radius 3 is 2.58 bits per heavy atom. The van der Waals surface area contributed by atoms with E-state index in [2.05, 4.69) is 31.1 Å². The maximum atomic E-state index is 13.4. The number of piperazine rings is 1. The fourth-order valence-electron chi connectivity index (χ4n) is 6.34. The standard InChI is InChI=1S/C36H39BrClN7O5/c1-22(46)33(39)36(50)44(20-23-3-2-4-24(15-23)25-5-6-27-26(16-25)19-40-34(27)48)8-7-32(47)43-12-9-42(10-13-43)11-14-45-21-41-31-18-29(37)30(38)17-28(31)35(45)49/h2-6,15-18,21-22,33,46H,7-14,19-20,39H2,1H3,(H,40,48)/t22-,33+/m1/s1. The van der Waals surface area contributed by atoms with Crippen molar-refractivity contribution in [3.63, 3.8) is 0 Å². The van der Waals surface area contributed by atoms with Crippen LogP contribution in [0.1, 0.15) is 34.8 Å². The van der Waals surface area contributed by atoms with Crippen molar-refractivity contribution in [1.82, 2.24) is 29.6 Å². The van der Waals surface area contributed by atoms with Gasteiger partial charge >= 0.3 is 0 Å². The van der Waals surface area contributed by atoms with Gasteiger partial charge in [-0.1, -0.05) is 35.9 Å². The zero-order valence-corrected chi connectivity index (χ0v) is 30.0. The summed E-state index contributed by atoms with van der Waals surface area (Å²) < 4.78 is 2.26. The quantitative estimate of drug-likeness (QED) is 0.211. The zero-order chi connectivity index (χ0) is 35.5. The first kappa shape index (κ1) is 35.7. The number of rotatable bonds is 11. The van der Waals surface area contributed by atoms with E-state index in [0.717, 1.165) is 22.3 Å². The Kier molecular flexibility index (Phi) is 11.0. The molecule has 12 nitrogen and oxygen atoms in total. The minimum atomic E-state index is -1.12. The number of nitrogens with two attached hydrogens (primary N) is 1. The Bertz CT molecular complexity index is 2000. The third-order valence-electron chi connectivity index (χ3n) is 9.38. The number of nitrogens with one attached hydrogen (secondary N) is 1. The summed E-state index contributed by atoms with van der Waals surface area (Å²) in [4.78, 5) is 61.7. The monoisotopic (exact) mass is 763 g/mol. The molecule has 4 N–H and O–H groups in total. The normalized spacial score (nSPS) is 15.9.